The zero-order chi connectivity index (χ0) is 11.4. The van der Waals surface area contributed by atoms with Crippen LogP contribution >= 0.6 is 23.4 Å². The van der Waals surface area contributed by atoms with Crippen molar-refractivity contribution in [3.63, 3.8) is 0 Å². The van der Waals surface area contributed by atoms with Crippen LogP contribution in [0.15, 0.2) is 23.1 Å². The lowest BCUT2D eigenvalue weighted by Crippen LogP contribution is -2.14. The monoisotopic (exact) mass is 245 g/mol. The topological polar surface area (TPSA) is 46.2 Å². The molecule has 0 radical (unpaired) electrons. The third-order valence-electron chi connectivity index (χ3n) is 2.25. The van der Waals surface area contributed by atoms with Crippen molar-refractivity contribution in [1.82, 2.24) is 0 Å². The molecule has 0 aromatic heterocycles. The summed E-state index contributed by atoms with van der Waals surface area (Å²) in [6, 6.07) is 5.81. The van der Waals surface area contributed by atoms with Crippen LogP contribution in [0.25, 0.3) is 0 Å². The lowest BCUT2D eigenvalue weighted by atomic mass is 10.2. The zero-order valence-corrected chi connectivity index (χ0v) is 10.5. The number of aliphatic hydroxyl groups is 1. The van der Waals surface area contributed by atoms with Gasteiger partial charge in [0, 0.05) is 21.7 Å². The molecule has 0 spiro atoms. The maximum atomic E-state index is 9.38. The SMILES string of the molecule is CC(O)C(C)Sc1ccc(CN)c(Cl)c1. The van der Waals surface area contributed by atoms with Gasteiger partial charge in [-0.25, -0.2) is 0 Å². The van der Waals surface area contributed by atoms with Crippen LogP contribution < -0.4 is 5.73 Å². The summed E-state index contributed by atoms with van der Waals surface area (Å²) < 4.78 is 0. The molecule has 2 atom stereocenters. The predicted octanol–water partition coefficient (Wildman–Crippen LogP) is 2.66. The van der Waals surface area contributed by atoms with E-state index in [1.807, 2.05) is 25.1 Å². The molecular weight excluding hydrogens is 230 g/mol. The quantitative estimate of drug-likeness (QED) is 0.802. The van der Waals surface area contributed by atoms with E-state index in [2.05, 4.69) is 0 Å². The normalized spacial score (nSPS) is 15.0. The maximum Gasteiger partial charge on any atom is 0.0631 e. The molecule has 2 unspecified atom stereocenters. The van der Waals surface area contributed by atoms with Gasteiger partial charge in [-0.2, -0.15) is 0 Å². The zero-order valence-electron chi connectivity index (χ0n) is 8.90. The average molecular weight is 246 g/mol. The van der Waals surface area contributed by atoms with Crippen LogP contribution in [0.3, 0.4) is 0 Å². The van der Waals surface area contributed by atoms with Gasteiger partial charge in [-0.15, -0.1) is 11.8 Å². The number of rotatable bonds is 4. The average Bonchev–Trinajstić information content (AvgIpc) is 2.18. The molecule has 0 aliphatic rings. The summed E-state index contributed by atoms with van der Waals surface area (Å²) in [6.07, 6.45) is -0.331. The van der Waals surface area contributed by atoms with Gasteiger partial charge in [0.05, 0.1) is 6.10 Å². The second-order valence-electron chi connectivity index (χ2n) is 3.52. The van der Waals surface area contributed by atoms with Crippen molar-refractivity contribution in [2.75, 3.05) is 0 Å². The van der Waals surface area contributed by atoms with Gasteiger partial charge in [0.2, 0.25) is 0 Å². The number of halogens is 1. The van der Waals surface area contributed by atoms with Gasteiger partial charge in [-0.3, -0.25) is 0 Å². The highest BCUT2D eigenvalue weighted by Gasteiger charge is 2.11. The molecule has 0 saturated carbocycles. The second-order valence-corrected chi connectivity index (χ2v) is 5.38. The number of hydrogen-bond acceptors (Lipinski definition) is 3. The molecule has 0 amide bonds. The number of benzene rings is 1. The molecule has 0 fully saturated rings. The Morgan fingerprint density at radius 2 is 2.13 bits per heavy atom. The Kier molecular flexibility index (Phi) is 4.93. The summed E-state index contributed by atoms with van der Waals surface area (Å²) in [5, 5.41) is 10.2. The highest BCUT2D eigenvalue weighted by atomic mass is 35.5. The second kappa shape index (κ2) is 5.75. The van der Waals surface area contributed by atoms with E-state index < -0.39 is 0 Å². The number of aliphatic hydroxyl groups excluding tert-OH is 1. The van der Waals surface area contributed by atoms with E-state index in [-0.39, 0.29) is 11.4 Å². The Bertz CT molecular complexity index is 330. The van der Waals surface area contributed by atoms with Gasteiger partial charge in [-0.05, 0) is 24.6 Å². The fourth-order valence-electron chi connectivity index (χ4n) is 1.08. The Morgan fingerprint density at radius 1 is 1.47 bits per heavy atom. The van der Waals surface area contributed by atoms with Gasteiger partial charge in [0.15, 0.2) is 0 Å². The van der Waals surface area contributed by atoms with Crippen LogP contribution in [-0.4, -0.2) is 16.5 Å². The molecule has 1 aromatic carbocycles. The Labute approximate surface area is 99.8 Å². The molecule has 0 heterocycles. The van der Waals surface area contributed by atoms with Crippen LogP contribution in [0.1, 0.15) is 19.4 Å². The number of nitrogens with two attached hydrogens (primary N) is 1. The van der Waals surface area contributed by atoms with Crippen molar-refractivity contribution in [3.05, 3.63) is 28.8 Å². The number of thioether (sulfide) groups is 1. The van der Waals surface area contributed by atoms with Crippen molar-refractivity contribution in [2.24, 2.45) is 5.73 Å². The summed E-state index contributed by atoms with van der Waals surface area (Å²) in [6.45, 7) is 4.23. The van der Waals surface area contributed by atoms with Crippen LogP contribution in [0.2, 0.25) is 5.02 Å². The Hall–Kier alpha value is -0.220. The maximum absolute atomic E-state index is 9.38. The Balaban J connectivity index is 2.75. The summed E-state index contributed by atoms with van der Waals surface area (Å²) in [5.74, 6) is 0. The van der Waals surface area contributed by atoms with Gasteiger partial charge >= 0.3 is 0 Å². The fourth-order valence-corrected chi connectivity index (χ4v) is 2.36. The fraction of sp³-hybridized carbons (Fsp3) is 0.455. The smallest absolute Gasteiger partial charge is 0.0631 e. The molecule has 0 aliphatic carbocycles. The largest absolute Gasteiger partial charge is 0.392 e. The predicted molar refractivity (Wildman–Crippen MR) is 66.3 cm³/mol. The number of hydrogen-bond donors (Lipinski definition) is 2. The van der Waals surface area contributed by atoms with Crippen LogP contribution in [0.5, 0.6) is 0 Å². The summed E-state index contributed by atoms with van der Waals surface area (Å²) >= 11 is 7.65. The van der Waals surface area contributed by atoms with Crippen molar-refractivity contribution in [2.45, 2.75) is 36.6 Å². The van der Waals surface area contributed by atoms with Crippen LogP contribution in [-0.2, 0) is 6.54 Å². The van der Waals surface area contributed by atoms with E-state index in [4.69, 9.17) is 17.3 Å². The molecule has 0 aliphatic heterocycles. The van der Waals surface area contributed by atoms with E-state index in [1.165, 1.54) is 0 Å². The first-order valence-corrected chi connectivity index (χ1v) is 6.13. The minimum Gasteiger partial charge on any atom is -0.392 e. The third-order valence-corrected chi connectivity index (χ3v) is 3.89. The van der Waals surface area contributed by atoms with Crippen LogP contribution in [0, 0.1) is 0 Å². The van der Waals surface area contributed by atoms with Crippen molar-refractivity contribution in [1.29, 1.82) is 0 Å². The van der Waals surface area contributed by atoms with Crippen molar-refractivity contribution >= 4 is 23.4 Å². The molecule has 0 bridgehead atoms. The van der Waals surface area contributed by atoms with Crippen LogP contribution in [0.4, 0.5) is 0 Å². The molecule has 15 heavy (non-hydrogen) atoms. The highest BCUT2D eigenvalue weighted by Crippen LogP contribution is 2.29. The molecule has 1 aromatic rings. The van der Waals surface area contributed by atoms with Crippen molar-refractivity contribution in [3.8, 4) is 0 Å². The molecule has 2 nitrogen and oxygen atoms in total. The van der Waals surface area contributed by atoms with E-state index in [0.29, 0.717) is 11.6 Å². The van der Waals surface area contributed by atoms with Gasteiger partial charge in [0.25, 0.3) is 0 Å². The first-order valence-electron chi connectivity index (χ1n) is 4.87. The van der Waals surface area contributed by atoms with Gasteiger partial charge < -0.3 is 10.8 Å². The molecular formula is C11H16ClNOS. The molecule has 4 heteroatoms. The van der Waals surface area contributed by atoms with E-state index in [0.717, 1.165) is 10.5 Å². The molecule has 3 N–H and O–H groups in total. The minimum absolute atomic E-state index is 0.157. The van der Waals surface area contributed by atoms with Crippen molar-refractivity contribution < 1.29 is 5.11 Å². The van der Waals surface area contributed by atoms with Gasteiger partial charge in [0.1, 0.15) is 0 Å². The first kappa shape index (κ1) is 12.8. The van der Waals surface area contributed by atoms with E-state index >= 15 is 0 Å². The summed E-state index contributed by atoms with van der Waals surface area (Å²) in [5.41, 5.74) is 6.47. The molecule has 0 saturated heterocycles. The first-order chi connectivity index (χ1) is 7.04. The van der Waals surface area contributed by atoms with E-state index in [9.17, 15) is 5.11 Å². The highest BCUT2D eigenvalue weighted by molar-refractivity contribution is 8.00. The summed E-state index contributed by atoms with van der Waals surface area (Å²) in [7, 11) is 0. The standard InChI is InChI=1S/C11H16ClNOS/c1-7(14)8(2)15-10-4-3-9(6-13)11(12)5-10/h3-5,7-8,14H,6,13H2,1-2H3. The third kappa shape index (κ3) is 3.68. The molecule has 84 valence electrons. The van der Waals surface area contributed by atoms with E-state index in [1.54, 1.807) is 18.7 Å². The molecule has 1 rings (SSSR count). The minimum atomic E-state index is -0.331. The Morgan fingerprint density at radius 3 is 2.60 bits per heavy atom. The lowest BCUT2D eigenvalue weighted by Gasteiger charge is -2.14. The summed E-state index contributed by atoms with van der Waals surface area (Å²) in [4.78, 5) is 1.06. The lowest BCUT2D eigenvalue weighted by molar-refractivity contribution is 0.196. The van der Waals surface area contributed by atoms with Gasteiger partial charge in [-0.1, -0.05) is 24.6 Å².